The maximum absolute atomic E-state index is 13.2. The van der Waals surface area contributed by atoms with Gasteiger partial charge in [-0.05, 0) is 37.1 Å². The molecule has 0 atom stereocenters. The van der Waals surface area contributed by atoms with Gasteiger partial charge in [-0.3, -0.25) is 4.79 Å². The van der Waals surface area contributed by atoms with Crippen molar-refractivity contribution in [3.63, 3.8) is 0 Å². The van der Waals surface area contributed by atoms with Crippen molar-refractivity contribution in [2.75, 3.05) is 26.3 Å². The molecule has 1 fully saturated rings. The Hall–Kier alpha value is -2.81. The van der Waals surface area contributed by atoms with Crippen LogP contribution in [0.3, 0.4) is 0 Å². The number of nitrogens with zero attached hydrogens (tertiary/aromatic N) is 3. The molecule has 0 bridgehead atoms. The van der Waals surface area contributed by atoms with Gasteiger partial charge in [-0.25, -0.2) is 13.1 Å². The summed E-state index contributed by atoms with van der Waals surface area (Å²) in [6.07, 6.45) is 0. The van der Waals surface area contributed by atoms with E-state index in [1.165, 1.54) is 15.1 Å². The lowest BCUT2D eigenvalue weighted by atomic mass is 10.1. The van der Waals surface area contributed by atoms with Crippen molar-refractivity contribution >= 4 is 10.0 Å². The maximum atomic E-state index is 13.2. The van der Waals surface area contributed by atoms with E-state index < -0.39 is 10.0 Å². The van der Waals surface area contributed by atoms with Gasteiger partial charge >= 0.3 is 0 Å². The minimum absolute atomic E-state index is 0.210. The fourth-order valence-electron chi connectivity index (χ4n) is 3.66. The smallest absolute Gasteiger partial charge is 0.267 e. The Bertz CT molecular complexity index is 1260. The lowest BCUT2D eigenvalue weighted by molar-refractivity contribution is 0.0730. The summed E-state index contributed by atoms with van der Waals surface area (Å²) in [5.74, 6) is 0. The molecule has 0 saturated carbocycles. The van der Waals surface area contributed by atoms with Gasteiger partial charge in [-0.15, -0.1) is 0 Å². The van der Waals surface area contributed by atoms with Crippen LogP contribution < -0.4 is 5.56 Å². The third kappa shape index (κ3) is 4.61. The van der Waals surface area contributed by atoms with Crippen molar-refractivity contribution in [3.05, 3.63) is 81.6 Å². The normalized spacial score (nSPS) is 15.2. The van der Waals surface area contributed by atoms with Crippen molar-refractivity contribution in [3.8, 4) is 11.3 Å². The van der Waals surface area contributed by atoms with E-state index in [2.05, 4.69) is 5.10 Å². The van der Waals surface area contributed by atoms with E-state index in [4.69, 9.17) is 4.74 Å². The molecule has 162 valence electrons. The van der Waals surface area contributed by atoms with Crippen LogP contribution in [-0.4, -0.2) is 48.8 Å². The molecule has 0 spiro atoms. The first-order chi connectivity index (χ1) is 14.8. The molecule has 0 radical (unpaired) electrons. The zero-order valence-corrected chi connectivity index (χ0v) is 18.4. The van der Waals surface area contributed by atoms with Crippen LogP contribution in [0.5, 0.6) is 0 Å². The SMILES string of the molecule is Cc1cccc(Cn2nc(-c3ccc(C)c(S(=O)(=O)N4CCOCC4)c3)ccc2=O)c1. The molecule has 0 unspecified atom stereocenters. The molecular formula is C23H25N3O4S. The van der Waals surface area contributed by atoms with Gasteiger partial charge in [-0.2, -0.15) is 9.40 Å². The van der Waals surface area contributed by atoms with Crippen molar-refractivity contribution < 1.29 is 13.2 Å². The highest BCUT2D eigenvalue weighted by molar-refractivity contribution is 7.89. The zero-order chi connectivity index (χ0) is 22.0. The molecule has 31 heavy (non-hydrogen) atoms. The Balaban J connectivity index is 1.70. The van der Waals surface area contributed by atoms with E-state index in [0.29, 0.717) is 49.7 Å². The largest absolute Gasteiger partial charge is 0.379 e. The summed E-state index contributed by atoms with van der Waals surface area (Å²) in [5, 5.41) is 4.51. The molecule has 7 nitrogen and oxygen atoms in total. The van der Waals surface area contributed by atoms with Crippen molar-refractivity contribution in [1.29, 1.82) is 0 Å². The predicted octanol–water partition coefficient (Wildman–Crippen LogP) is 2.60. The molecule has 0 amide bonds. The fourth-order valence-corrected chi connectivity index (χ4v) is 5.32. The summed E-state index contributed by atoms with van der Waals surface area (Å²) >= 11 is 0. The van der Waals surface area contributed by atoms with E-state index in [1.807, 2.05) is 37.3 Å². The maximum Gasteiger partial charge on any atom is 0.267 e. The van der Waals surface area contributed by atoms with Gasteiger partial charge in [0.1, 0.15) is 0 Å². The van der Waals surface area contributed by atoms with Gasteiger partial charge < -0.3 is 4.74 Å². The van der Waals surface area contributed by atoms with Crippen molar-refractivity contribution in [2.24, 2.45) is 0 Å². The van der Waals surface area contributed by atoms with Gasteiger partial charge in [0.2, 0.25) is 10.0 Å². The number of hydrogen-bond donors (Lipinski definition) is 0. The fraction of sp³-hybridized carbons (Fsp3) is 0.304. The number of aryl methyl sites for hydroxylation is 2. The molecule has 8 heteroatoms. The van der Waals surface area contributed by atoms with Gasteiger partial charge in [0.25, 0.3) is 5.56 Å². The predicted molar refractivity (Wildman–Crippen MR) is 119 cm³/mol. The Morgan fingerprint density at radius 2 is 1.77 bits per heavy atom. The van der Waals surface area contributed by atoms with Crippen LogP contribution in [0.4, 0.5) is 0 Å². The van der Waals surface area contributed by atoms with Crippen molar-refractivity contribution in [1.82, 2.24) is 14.1 Å². The van der Waals surface area contributed by atoms with Crippen LogP contribution in [-0.2, 0) is 21.3 Å². The Kier molecular flexibility index (Phi) is 6.04. The van der Waals surface area contributed by atoms with Gasteiger partial charge in [0.15, 0.2) is 0 Å². The summed E-state index contributed by atoms with van der Waals surface area (Å²) in [7, 11) is -3.64. The highest BCUT2D eigenvalue weighted by Crippen LogP contribution is 2.26. The van der Waals surface area contributed by atoms with Gasteiger partial charge in [0, 0.05) is 24.7 Å². The lowest BCUT2D eigenvalue weighted by Crippen LogP contribution is -2.40. The van der Waals surface area contributed by atoms with E-state index in [9.17, 15) is 13.2 Å². The van der Waals surface area contributed by atoms with Crippen LogP contribution in [0.1, 0.15) is 16.7 Å². The topological polar surface area (TPSA) is 81.5 Å². The first-order valence-electron chi connectivity index (χ1n) is 10.2. The van der Waals surface area contributed by atoms with E-state index in [0.717, 1.165) is 11.1 Å². The molecule has 4 rings (SSSR count). The van der Waals surface area contributed by atoms with Crippen LogP contribution in [0.2, 0.25) is 0 Å². The highest BCUT2D eigenvalue weighted by atomic mass is 32.2. The van der Waals surface area contributed by atoms with E-state index >= 15 is 0 Å². The summed E-state index contributed by atoms with van der Waals surface area (Å²) < 4.78 is 34.5. The summed E-state index contributed by atoms with van der Waals surface area (Å²) in [6, 6.07) is 16.3. The number of rotatable bonds is 5. The monoisotopic (exact) mass is 439 g/mol. The van der Waals surface area contributed by atoms with Gasteiger partial charge in [-0.1, -0.05) is 42.0 Å². The van der Waals surface area contributed by atoms with Crippen LogP contribution in [0.15, 0.2) is 64.3 Å². The third-order valence-corrected chi connectivity index (χ3v) is 7.39. The molecule has 3 aromatic rings. The molecular weight excluding hydrogens is 414 g/mol. The molecule has 2 aromatic carbocycles. The quantitative estimate of drug-likeness (QED) is 0.610. The summed E-state index contributed by atoms with van der Waals surface area (Å²) in [6.45, 7) is 5.59. The minimum Gasteiger partial charge on any atom is -0.379 e. The minimum atomic E-state index is -3.64. The Morgan fingerprint density at radius 1 is 1.00 bits per heavy atom. The second-order valence-electron chi connectivity index (χ2n) is 7.70. The molecule has 2 heterocycles. The standard InChI is InChI=1S/C23H25N3O4S/c1-17-4-3-5-19(14-17)16-26-23(27)9-8-21(24-26)20-7-6-18(2)22(15-20)31(28,29)25-10-12-30-13-11-25/h3-9,14-15H,10-13,16H2,1-2H3. The molecule has 1 saturated heterocycles. The number of hydrogen-bond acceptors (Lipinski definition) is 5. The number of ether oxygens (including phenoxy) is 1. The number of sulfonamides is 1. The number of morpholine rings is 1. The molecule has 1 aliphatic heterocycles. The molecule has 1 aromatic heterocycles. The first-order valence-corrected chi connectivity index (χ1v) is 11.6. The molecule has 0 aliphatic carbocycles. The summed E-state index contributed by atoms with van der Waals surface area (Å²) in [4.78, 5) is 12.6. The second-order valence-corrected chi connectivity index (χ2v) is 9.61. The Morgan fingerprint density at radius 3 is 2.52 bits per heavy atom. The van der Waals surface area contributed by atoms with E-state index in [-0.39, 0.29) is 10.5 Å². The molecule has 0 N–H and O–H groups in total. The number of aromatic nitrogens is 2. The average molecular weight is 440 g/mol. The van der Waals surface area contributed by atoms with Crippen molar-refractivity contribution in [2.45, 2.75) is 25.3 Å². The average Bonchev–Trinajstić information content (AvgIpc) is 2.76. The van der Waals surface area contributed by atoms with Crippen LogP contribution in [0, 0.1) is 13.8 Å². The van der Waals surface area contributed by atoms with E-state index in [1.54, 1.807) is 25.1 Å². The van der Waals surface area contributed by atoms with Crippen LogP contribution in [0.25, 0.3) is 11.3 Å². The zero-order valence-electron chi connectivity index (χ0n) is 17.6. The third-order valence-electron chi connectivity index (χ3n) is 5.35. The Labute approximate surface area is 182 Å². The lowest BCUT2D eigenvalue weighted by Gasteiger charge is -2.26. The molecule has 1 aliphatic rings. The second kappa shape index (κ2) is 8.74. The van der Waals surface area contributed by atoms with Gasteiger partial charge in [0.05, 0.1) is 30.3 Å². The van der Waals surface area contributed by atoms with Crippen LogP contribution >= 0.6 is 0 Å². The summed E-state index contributed by atoms with van der Waals surface area (Å²) in [5.41, 5.74) is 3.74. The highest BCUT2D eigenvalue weighted by Gasteiger charge is 2.28. The first kappa shape index (κ1) is 21.4. The number of benzene rings is 2.